The highest BCUT2D eigenvalue weighted by atomic mass is 32.1. The third kappa shape index (κ3) is 1.71. The van der Waals surface area contributed by atoms with Crippen LogP contribution in [0.5, 0.6) is 0 Å². The fourth-order valence-electron chi connectivity index (χ4n) is 1.45. The molecule has 0 amide bonds. The number of nitrogen functional groups attached to an aromatic ring is 1. The summed E-state index contributed by atoms with van der Waals surface area (Å²) >= 11 is 1.50. The number of rotatable bonds is 2. The van der Waals surface area contributed by atoms with E-state index in [1.165, 1.54) is 11.3 Å². The molecule has 0 aliphatic heterocycles. The number of carboxylic acids is 1. The van der Waals surface area contributed by atoms with E-state index in [9.17, 15) is 4.79 Å². The van der Waals surface area contributed by atoms with Crippen LogP contribution in [0.15, 0.2) is 35.7 Å². The van der Waals surface area contributed by atoms with Gasteiger partial charge in [-0.15, -0.1) is 11.3 Å². The molecule has 0 spiro atoms. The summed E-state index contributed by atoms with van der Waals surface area (Å²) in [6.07, 6.45) is 0. The molecule has 4 heteroatoms. The van der Waals surface area contributed by atoms with Gasteiger partial charge in [-0.25, -0.2) is 4.79 Å². The van der Waals surface area contributed by atoms with Crippen molar-refractivity contribution in [2.75, 3.05) is 5.73 Å². The van der Waals surface area contributed by atoms with Gasteiger partial charge in [-0.1, -0.05) is 18.2 Å². The summed E-state index contributed by atoms with van der Waals surface area (Å²) in [5, 5.41) is 11.0. The lowest BCUT2D eigenvalue weighted by molar-refractivity contribution is 0.0699. The molecule has 0 saturated carbocycles. The number of carbonyl (C=O) groups is 1. The van der Waals surface area contributed by atoms with E-state index in [0.717, 1.165) is 4.88 Å². The molecular formula is C11H9NO2S. The zero-order valence-electron chi connectivity index (χ0n) is 7.81. The number of hydrogen-bond donors (Lipinski definition) is 2. The van der Waals surface area contributed by atoms with Crippen molar-refractivity contribution in [1.82, 2.24) is 0 Å². The molecule has 3 N–H and O–H groups in total. The first-order valence-corrected chi connectivity index (χ1v) is 5.24. The van der Waals surface area contributed by atoms with Gasteiger partial charge in [0.05, 0.1) is 5.56 Å². The lowest BCUT2D eigenvalue weighted by Gasteiger charge is -2.06. The number of benzene rings is 1. The fraction of sp³-hybridized carbons (Fsp3) is 0. The zero-order chi connectivity index (χ0) is 10.8. The Bertz CT molecular complexity index is 491. The summed E-state index contributed by atoms with van der Waals surface area (Å²) in [6, 6.07) is 8.89. The maximum Gasteiger partial charge on any atom is 0.338 e. The molecule has 2 aromatic rings. The molecule has 0 atom stereocenters. The predicted octanol–water partition coefficient (Wildman–Crippen LogP) is 2.70. The van der Waals surface area contributed by atoms with Gasteiger partial charge in [-0.2, -0.15) is 0 Å². The quantitative estimate of drug-likeness (QED) is 0.763. The molecular weight excluding hydrogens is 210 g/mol. The molecule has 0 aliphatic carbocycles. The average Bonchev–Trinajstić information content (AvgIpc) is 2.69. The lowest BCUT2D eigenvalue weighted by Crippen LogP contribution is -2.04. The fourth-order valence-corrected chi connectivity index (χ4v) is 2.20. The van der Waals surface area contributed by atoms with Gasteiger partial charge in [-0.3, -0.25) is 0 Å². The van der Waals surface area contributed by atoms with Crippen LogP contribution < -0.4 is 5.73 Å². The highest BCUT2D eigenvalue weighted by Crippen LogP contribution is 2.30. The van der Waals surface area contributed by atoms with Gasteiger partial charge < -0.3 is 10.8 Å². The van der Waals surface area contributed by atoms with Crippen molar-refractivity contribution in [3.63, 3.8) is 0 Å². The molecule has 0 bridgehead atoms. The minimum Gasteiger partial charge on any atom is -0.478 e. The summed E-state index contributed by atoms with van der Waals surface area (Å²) in [7, 11) is 0. The second-order valence-corrected chi connectivity index (χ2v) is 4.00. The van der Waals surface area contributed by atoms with Gasteiger partial charge in [0.1, 0.15) is 0 Å². The second kappa shape index (κ2) is 3.74. The van der Waals surface area contributed by atoms with E-state index in [2.05, 4.69) is 0 Å². The summed E-state index contributed by atoms with van der Waals surface area (Å²) in [6.45, 7) is 0. The van der Waals surface area contributed by atoms with Crippen molar-refractivity contribution in [3.8, 4) is 10.4 Å². The zero-order valence-corrected chi connectivity index (χ0v) is 8.62. The maximum absolute atomic E-state index is 11.1. The molecule has 0 aliphatic rings. The SMILES string of the molecule is Nc1cccc(-c2cccs2)c1C(=O)O. The van der Waals surface area contributed by atoms with Crippen LogP contribution in [0, 0.1) is 0 Å². The van der Waals surface area contributed by atoms with E-state index in [1.807, 2.05) is 17.5 Å². The van der Waals surface area contributed by atoms with Crippen LogP contribution in [-0.2, 0) is 0 Å². The Morgan fingerprint density at radius 2 is 2.07 bits per heavy atom. The molecule has 0 radical (unpaired) electrons. The van der Waals surface area contributed by atoms with Crippen molar-refractivity contribution in [3.05, 3.63) is 41.3 Å². The average molecular weight is 219 g/mol. The van der Waals surface area contributed by atoms with Crippen LogP contribution in [0.1, 0.15) is 10.4 Å². The first kappa shape index (κ1) is 9.73. The lowest BCUT2D eigenvalue weighted by atomic mass is 10.0. The van der Waals surface area contributed by atoms with E-state index in [0.29, 0.717) is 11.3 Å². The minimum atomic E-state index is -0.989. The summed E-state index contributed by atoms with van der Waals surface area (Å²) < 4.78 is 0. The highest BCUT2D eigenvalue weighted by Gasteiger charge is 2.15. The molecule has 1 heterocycles. The Hall–Kier alpha value is -1.81. The molecule has 1 aromatic heterocycles. The van der Waals surface area contributed by atoms with E-state index >= 15 is 0 Å². The number of anilines is 1. The number of thiophene rings is 1. The minimum absolute atomic E-state index is 0.181. The van der Waals surface area contributed by atoms with Gasteiger partial charge in [0.15, 0.2) is 0 Å². The Kier molecular flexibility index (Phi) is 2.43. The molecule has 1 aromatic carbocycles. The number of nitrogens with two attached hydrogens (primary N) is 1. The third-order valence-corrected chi connectivity index (χ3v) is 3.00. The number of carboxylic acid groups (broad SMARTS) is 1. The van der Waals surface area contributed by atoms with E-state index in [4.69, 9.17) is 10.8 Å². The van der Waals surface area contributed by atoms with Crippen molar-refractivity contribution in [2.45, 2.75) is 0 Å². The van der Waals surface area contributed by atoms with Crippen molar-refractivity contribution in [2.24, 2.45) is 0 Å². The third-order valence-electron chi connectivity index (χ3n) is 2.10. The van der Waals surface area contributed by atoms with Crippen LogP contribution in [0.4, 0.5) is 5.69 Å². The molecule has 15 heavy (non-hydrogen) atoms. The van der Waals surface area contributed by atoms with Crippen LogP contribution in [0.3, 0.4) is 0 Å². The summed E-state index contributed by atoms with van der Waals surface area (Å²) in [5.74, 6) is -0.989. The van der Waals surface area contributed by atoms with Crippen LogP contribution in [0.2, 0.25) is 0 Å². The van der Waals surface area contributed by atoms with Crippen molar-refractivity contribution < 1.29 is 9.90 Å². The smallest absolute Gasteiger partial charge is 0.338 e. The Morgan fingerprint density at radius 1 is 1.27 bits per heavy atom. The highest BCUT2D eigenvalue weighted by molar-refractivity contribution is 7.13. The normalized spacial score (nSPS) is 10.1. The Balaban J connectivity index is 2.66. The number of aromatic carboxylic acids is 1. The predicted molar refractivity (Wildman–Crippen MR) is 61.1 cm³/mol. The van der Waals surface area contributed by atoms with E-state index < -0.39 is 5.97 Å². The summed E-state index contributed by atoms with van der Waals surface area (Å²) in [5.41, 5.74) is 6.81. The van der Waals surface area contributed by atoms with Gasteiger partial charge in [0.25, 0.3) is 0 Å². The topological polar surface area (TPSA) is 63.3 Å². The molecule has 0 unspecified atom stereocenters. The van der Waals surface area contributed by atoms with Crippen LogP contribution in [0.25, 0.3) is 10.4 Å². The Labute approximate surface area is 90.8 Å². The standard InChI is InChI=1S/C11H9NO2S/c12-8-4-1-3-7(10(8)11(13)14)9-5-2-6-15-9/h1-6H,12H2,(H,13,14). The van der Waals surface area contributed by atoms with Crippen molar-refractivity contribution in [1.29, 1.82) is 0 Å². The number of hydrogen-bond acceptors (Lipinski definition) is 3. The van der Waals surface area contributed by atoms with Gasteiger partial charge in [0, 0.05) is 16.1 Å². The molecule has 76 valence electrons. The van der Waals surface area contributed by atoms with Gasteiger partial charge >= 0.3 is 5.97 Å². The molecule has 2 rings (SSSR count). The monoisotopic (exact) mass is 219 g/mol. The van der Waals surface area contributed by atoms with Crippen LogP contribution in [-0.4, -0.2) is 11.1 Å². The first-order chi connectivity index (χ1) is 7.20. The Morgan fingerprint density at radius 3 is 2.67 bits per heavy atom. The largest absolute Gasteiger partial charge is 0.478 e. The van der Waals surface area contributed by atoms with Gasteiger partial charge in [-0.05, 0) is 17.5 Å². The second-order valence-electron chi connectivity index (χ2n) is 3.05. The van der Waals surface area contributed by atoms with Gasteiger partial charge in [0.2, 0.25) is 0 Å². The maximum atomic E-state index is 11.1. The summed E-state index contributed by atoms with van der Waals surface area (Å²) in [4.78, 5) is 12.0. The van der Waals surface area contributed by atoms with Crippen molar-refractivity contribution >= 4 is 23.0 Å². The molecule has 3 nitrogen and oxygen atoms in total. The molecule has 0 fully saturated rings. The van der Waals surface area contributed by atoms with E-state index in [-0.39, 0.29) is 5.56 Å². The molecule has 0 saturated heterocycles. The van der Waals surface area contributed by atoms with Crippen LogP contribution >= 0.6 is 11.3 Å². The first-order valence-electron chi connectivity index (χ1n) is 4.36. The van der Waals surface area contributed by atoms with E-state index in [1.54, 1.807) is 18.2 Å².